The zero-order chi connectivity index (χ0) is 13.0. The zero-order valence-electron chi connectivity index (χ0n) is 11.8. The molecule has 0 spiro atoms. The number of fused-ring (bicyclic) bond motifs is 1. The Balaban J connectivity index is 1.96. The molecule has 2 heterocycles. The quantitative estimate of drug-likeness (QED) is 0.823. The van der Waals surface area contributed by atoms with Crippen LogP contribution in [0, 0.1) is 5.41 Å². The summed E-state index contributed by atoms with van der Waals surface area (Å²) >= 11 is 0. The molecule has 0 radical (unpaired) electrons. The van der Waals surface area contributed by atoms with Crippen LogP contribution < -0.4 is 5.32 Å². The Labute approximate surface area is 110 Å². The molecule has 0 aliphatic carbocycles. The molecule has 102 valence electrons. The van der Waals surface area contributed by atoms with Gasteiger partial charge >= 0.3 is 0 Å². The second-order valence-corrected chi connectivity index (χ2v) is 5.74. The summed E-state index contributed by atoms with van der Waals surface area (Å²) in [6, 6.07) is 0. The van der Waals surface area contributed by atoms with Crippen molar-refractivity contribution in [3.8, 4) is 0 Å². The lowest BCUT2D eigenvalue weighted by molar-refractivity contribution is 0.124. The minimum atomic E-state index is 0.353. The lowest BCUT2D eigenvalue weighted by atomic mass is 9.84. The third-order valence-corrected chi connectivity index (χ3v) is 3.78. The second-order valence-electron chi connectivity index (χ2n) is 5.74. The molecular formula is C13H25N5. The lowest BCUT2D eigenvalue weighted by Gasteiger charge is -2.37. The Kier molecular flexibility index (Phi) is 4.35. The number of aromatic nitrogens is 3. The first kappa shape index (κ1) is 13.5. The SMILES string of the molecule is CCCC(C)(CNC)CN1CCn2cnnc2C1. The predicted molar refractivity (Wildman–Crippen MR) is 72.2 cm³/mol. The monoisotopic (exact) mass is 251 g/mol. The van der Waals surface area contributed by atoms with Crippen LogP contribution in [0.5, 0.6) is 0 Å². The van der Waals surface area contributed by atoms with Crippen molar-refractivity contribution in [2.24, 2.45) is 5.41 Å². The Morgan fingerprint density at radius 2 is 2.28 bits per heavy atom. The summed E-state index contributed by atoms with van der Waals surface area (Å²) in [5.41, 5.74) is 0.353. The fourth-order valence-electron chi connectivity index (χ4n) is 3.04. The van der Waals surface area contributed by atoms with Crippen LogP contribution in [0.2, 0.25) is 0 Å². The number of nitrogens with one attached hydrogen (secondary N) is 1. The van der Waals surface area contributed by atoms with Crippen molar-refractivity contribution in [3.63, 3.8) is 0 Å². The highest BCUT2D eigenvalue weighted by molar-refractivity contribution is 4.92. The molecule has 1 aromatic rings. The average Bonchev–Trinajstić information content (AvgIpc) is 2.76. The molecule has 5 nitrogen and oxygen atoms in total. The van der Waals surface area contributed by atoms with Crippen LogP contribution >= 0.6 is 0 Å². The molecule has 0 fully saturated rings. The second kappa shape index (κ2) is 5.80. The maximum atomic E-state index is 4.18. The van der Waals surface area contributed by atoms with Gasteiger partial charge in [-0.15, -0.1) is 10.2 Å². The normalized spacial score (nSPS) is 19.5. The fraction of sp³-hybridized carbons (Fsp3) is 0.846. The molecule has 0 bridgehead atoms. The summed E-state index contributed by atoms with van der Waals surface area (Å²) in [6.07, 6.45) is 4.34. The van der Waals surface area contributed by atoms with E-state index in [-0.39, 0.29) is 0 Å². The van der Waals surface area contributed by atoms with E-state index in [0.717, 1.165) is 38.5 Å². The Bertz CT molecular complexity index is 367. The molecule has 0 saturated carbocycles. The van der Waals surface area contributed by atoms with Gasteiger partial charge in [-0.25, -0.2) is 0 Å². The van der Waals surface area contributed by atoms with Crippen molar-refractivity contribution < 1.29 is 0 Å². The van der Waals surface area contributed by atoms with Gasteiger partial charge in [0, 0.05) is 26.2 Å². The maximum absolute atomic E-state index is 4.18. The van der Waals surface area contributed by atoms with E-state index >= 15 is 0 Å². The minimum Gasteiger partial charge on any atom is -0.319 e. The van der Waals surface area contributed by atoms with Crippen molar-refractivity contribution in [1.29, 1.82) is 0 Å². The number of nitrogens with zero attached hydrogens (tertiary/aromatic N) is 4. The van der Waals surface area contributed by atoms with Gasteiger partial charge in [-0.1, -0.05) is 20.3 Å². The zero-order valence-corrected chi connectivity index (χ0v) is 11.8. The molecule has 0 saturated heterocycles. The van der Waals surface area contributed by atoms with E-state index in [1.54, 1.807) is 0 Å². The largest absolute Gasteiger partial charge is 0.319 e. The highest BCUT2D eigenvalue weighted by atomic mass is 15.3. The van der Waals surface area contributed by atoms with Crippen LogP contribution in [0.3, 0.4) is 0 Å². The smallest absolute Gasteiger partial charge is 0.147 e. The van der Waals surface area contributed by atoms with Crippen LogP contribution in [-0.4, -0.2) is 46.3 Å². The van der Waals surface area contributed by atoms with E-state index in [9.17, 15) is 0 Å². The maximum Gasteiger partial charge on any atom is 0.147 e. The van der Waals surface area contributed by atoms with Crippen molar-refractivity contribution in [1.82, 2.24) is 25.0 Å². The summed E-state index contributed by atoms with van der Waals surface area (Å²) in [6.45, 7) is 9.91. The van der Waals surface area contributed by atoms with Gasteiger partial charge in [-0.3, -0.25) is 4.90 Å². The topological polar surface area (TPSA) is 46.0 Å². The Morgan fingerprint density at radius 1 is 1.44 bits per heavy atom. The summed E-state index contributed by atoms with van der Waals surface area (Å²) in [5, 5.41) is 11.5. The van der Waals surface area contributed by atoms with Crippen LogP contribution in [0.4, 0.5) is 0 Å². The predicted octanol–water partition coefficient (Wildman–Crippen LogP) is 1.12. The molecule has 5 heteroatoms. The molecule has 1 N–H and O–H groups in total. The van der Waals surface area contributed by atoms with Gasteiger partial charge in [-0.05, 0) is 18.9 Å². The molecule has 1 aliphatic heterocycles. The van der Waals surface area contributed by atoms with Crippen LogP contribution in [0.1, 0.15) is 32.5 Å². The first-order chi connectivity index (χ1) is 8.67. The third kappa shape index (κ3) is 3.09. The highest BCUT2D eigenvalue weighted by Gasteiger charge is 2.28. The lowest BCUT2D eigenvalue weighted by Crippen LogP contribution is -2.44. The van der Waals surface area contributed by atoms with E-state index in [0.29, 0.717) is 5.41 Å². The summed E-state index contributed by atoms with van der Waals surface area (Å²) in [7, 11) is 2.04. The van der Waals surface area contributed by atoms with Gasteiger partial charge in [-0.2, -0.15) is 0 Å². The molecule has 1 unspecified atom stereocenters. The van der Waals surface area contributed by atoms with Crippen molar-refractivity contribution in [3.05, 3.63) is 12.2 Å². The molecule has 1 aromatic heterocycles. The Morgan fingerprint density at radius 3 is 3.00 bits per heavy atom. The average molecular weight is 251 g/mol. The van der Waals surface area contributed by atoms with Crippen molar-refractivity contribution in [2.45, 2.75) is 39.8 Å². The number of hydrogen-bond acceptors (Lipinski definition) is 4. The van der Waals surface area contributed by atoms with Crippen molar-refractivity contribution >= 4 is 0 Å². The fourth-order valence-corrected chi connectivity index (χ4v) is 3.04. The third-order valence-electron chi connectivity index (χ3n) is 3.78. The molecule has 2 rings (SSSR count). The number of hydrogen-bond donors (Lipinski definition) is 1. The van der Waals surface area contributed by atoms with Gasteiger partial charge in [0.25, 0.3) is 0 Å². The van der Waals surface area contributed by atoms with Gasteiger partial charge in [0.2, 0.25) is 0 Å². The van der Waals surface area contributed by atoms with Gasteiger partial charge in [0.15, 0.2) is 0 Å². The van der Waals surface area contributed by atoms with E-state index in [1.807, 2.05) is 13.4 Å². The summed E-state index contributed by atoms with van der Waals surface area (Å²) < 4.78 is 2.16. The molecule has 18 heavy (non-hydrogen) atoms. The van der Waals surface area contributed by atoms with Gasteiger partial charge in [0.1, 0.15) is 12.2 Å². The number of rotatable bonds is 6. The van der Waals surface area contributed by atoms with E-state index in [1.165, 1.54) is 12.8 Å². The van der Waals surface area contributed by atoms with Crippen LogP contribution in [0.15, 0.2) is 6.33 Å². The first-order valence-electron chi connectivity index (χ1n) is 6.90. The first-order valence-corrected chi connectivity index (χ1v) is 6.90. The van der Waals surface area contributed by atoms with Gasteiger partial charge in [0.05, 0.1) is 6.54 Å². The minimum absolute atomic E-state index is 0.353. The molecule has 1 aliphatic rings. The van der Waals surface area contributed by atoms with Gasteiger partial charge < -0.3 is 9.88 Å². The van der Waals surface area contributed by atoms with E-state index < -0.39 is 0 Å². The summed E-state index contributed by atoms with van der Waals surface area (Å²) in [5.74, 6) is 1.10. The van der Waals surface area contributed by atoms with Crippen molar-refractivity contribution in [2.75, 3.05) is 26.7 Å². The molecule has 0 amide bonds. The summed E-state index contributed by atoms with van der Waals surface area (Å²) in [4.78, 5) is 2.51. The standard InChI is InChI=1S/C13H25N5/c1-4-5-13(2,9-14-3)10-17-6-7-18-11-15-16-12(18)8-17/h11,14H,4-10H2,1-3H3. The Hall–Kier alpha value is -0.940. The van der Waals surface area contributed by atoms with E-state index in [4.69, 9.17) is 0 Å². The molecular weight excluding hydrogens is 226 g/mol. The molecule has 0 aromatic carbocycles. The van der Waals surface area contributed by atoms with Crippen LogP contribution in [-0.2, 0) is 13.1 Å². The highest BCUT2D eigenvalue weighted by Crippen LogP contribution is 2.25. The molecule has 1 atom stereocenters. The van der Waals surface area contributed by atoms with Crippen LogP contribution in [0.25, 0.3) is 0 Å². The van der Waals surface area contributed by atoms with E-state index in [2.05, 4.69) is 38.8 Å².